The van der Waals surface area contributed by atoms with Gasteiger partial charge in [-0.25, -0.2) is 8.78 Å². The summed E-state index contributed by atoms with van der Waals surface area (Å²) in [5.41, 5.74) is -0.567. The molecule has 1 aliphatic heterocycles. The van der Waals surface area contributed by atoms with Gasteiger partial charge in [0.05, 0.1) is 11.5 Å². The van der Waals surface area contributed by atoms with E-state index in [0.29, 0.717) is 13.1 Å². The molecule has 7 nitrogen and oxygen atoms in total. The highest BCUT2D eigenvalue weighted by molar-refractivity contribution is 6.05. The summed E-state index contributed by atoms with van der Waals surface area (Å²) in [7, 11) is 0. The molecule has 1 aliphatic rings. The van der Waals surface area contributed by atoms with Gasteiger partial charge < -0.3 is 15.0 Å². The zero-order valence-electron chi connectivity index (χ0n) is 15.2. The second-order valence-corrected chi connectivity index (χ2v) is 6.31. The number of halogens is 2. The molecule has 3 rings (SSSR count). The van der Waals surface area contributed by atoms with Gasteiger partial charge in [0, 0.05) is 30.4 Å². The number of hydrogen-bond acceptors (Lipinski definition) is 5. The standard InChI is InChI=1S/C19H19F2N3O4/c1-2-28-17-6-5-12(9-16(17)24(26)27)19(25)22-13-10-14(20)18(15(21)11-13)23-7-3-4-8-23/h5-6,9-11H,2-4,7-8H2,1H3,(H,22,25). The van der Waals surface area contributed by atoms with Crippen LogP contribution in [0.15, 0.2) is 30.3 Å². The molecular formula is C19H19F2N3O4. The average Bonchev–Trinajstić information content (AvgIpc) is 3.15. The molecule has 1 amide bonds. The third-order valence-electron chi connectivity index (χ3n) is 4.41. The van der Waals surface area contributed by atoms with Gasteiger partial charge >= 0.3 is 5.69 Å². The van der Waals surface area contributed by atoms with Crippen molar-refractivity contribution in [2.24, 2.45) is 0 Å². The number of carbonyl (C=O) groups is 1. The van der Waals surface area contributed by atoms with Gasteiger partial charge in [0.2, 0.25) is 0 Å². The Hall–Kier alpha value is -3.23. The van der Waals surface area contributed by atoms with Crippen LogP contribution in [0.2, 0.25) is 0 Å². The summed E-state index contributed by atoms with van der Waals surface area (Å²) >= 11 is 0. The molecular weight excluding hydrogens is 372 g/mol. The molecule has 1 fully saturated rings. The first-order chi connectivity index (χ1) is 13.4. The van der Waals surface area contributed by atoms with E-state index in [0.717, 1.165) is 31.0 Å². The van der Waals surface area contributed by atoms with Crippen LogP contribution >= 0.6 is 0 Å². The molecule has 2 aromatic carbocycles. The monoisotopic (exact) mass is 391 g/mol. The number of carbonyl (C=O) groups excluding carboxylic acids is 1. The van der Waals surface area contributed by atoms with Gasteiger partial charge in [-0.05, 0) is 44.0 Å². The molecule has 0 atom stereocenters. The number of rotatable bonds is 6. The third-order valence-corrected chi connectivity index (χ3v) is 4.41. The summed E-state index contributed by atoms with van der Waals surface area (Å²) in [6, 6.07) is 5.80. The minimum Gasteiger partial charge on any atom is -0.487 e. The average molecular weight is 391 g/mol. The molecule has 0 bridgehead atoms. The topological polar surface area (TPSA) is 84.7 Å². The molecule has 1 saturated heterocycles. The second-order valence-electron chi connectivity index (χ2n) is 6.31. The van der Waals surface area contributed by atoms with E-state index in [1.807, 2.05) is 0 Å². The number of nitrogens with zero attached hydrogens (tertiary/aromatic N) is 2. The van der Waals surface area contributed by atoms with Crippen LogP contribution in [0.25, 0.3) is 0 Å². The first-order valence-corrected chi connectivity index (χ1v) is 8.87. The van der Waals surface area contributed by atoms with Gasteiger partial charge in [-0.3, -0.25) is 14.9 Å². The number of nitrogens with one attached hydrogen (secondary N) is 1. The van der Waals surface area contributed by atoms with Crippen molar-refractivity contribution in [1.82, 2.24) is 0 Å². The molecule has 2 aromatic rings. The highest BCUT2D eigenvalue weighted by Gasteiger charge is 2.22. The van der Waals surface area contributed by atoms with Crippen LogP contribution in [-0.2, 0) is 0 Å². The van der Waals surface area contributed by atoms with Crippen molar-refractivity contribution < 1.29 is 23.2 Å². The molecule has 0 saturated carbocycles. The molecule has 1 N–H and O–H groups in total. The Bertz CT molecular complexity index is 891. The Morgan fingerprint density at radius 2 is 1.86 bits per heavy atom. The van der Waals surface area contributed by atoms with Gasteiger partial charge in [0.15, 0.2) is 17.4 Å². The van der Waals surface area contributed by atoms with Crippen LogP contribution in [0.5, 0.6) is 5.75 Å². The normalized spacial score (nSPS) is 13.5. The molecule has 0 spiro atoms. The largest absolute Gasteiger partial charge is 0.487 e. The quantitative estimate of drug-likeness (QED) is 0.591. The predicted octanol–water partition coefficient (Wildman–Crippen LogP) is 4.12. The summed E-state index contributed by atoms with van der Waals surface area (Å²) in [5, 5.41) is 13.5. The van der Waals surface area contributed by atoms with Gasteiger partial charge in [0.25, 0.3) is 5.91 Å². The van der Waals surface area contributed by atoms with Crippen molar-refractivity contribution in [3.05, 3.63) is 57.6 Å². The smallest absolute Gasteiger partial charge is 0.311 e. The summed E-state index contributed by atoms with van der Waals surface area (Å²) in [6.07, 6.45) is 1.74. The van der Waals surface area contributed by atoms with Crippen LogP contribution in [0.3, 0.4) is 0 Å². The van der Waals surface area contributed by atoms with E-state index in [-0.39, 0.29) is 35.0 Å². The maximum atomic E-state index is 14.4. The highest BCUT2D eigenvalue weighted by atomic mass is 19.1. The van der Waals surface area contributed by atoms with Crippen LogP contribution in [0.1, 0.15) is 30.1 Å². The zero-order chi connectivity index (χ0) is 20.3. The SMILES string of the molecule is CCOc1ccc(C(=O)Nc2cc(F)c(N3CCCC3)c(F)c2)cc1[N+](=O)[O-]. The molecule has 1 heterocycles. The maximum absolute atomic E-state index is 14.4. The summed E-state index contributed by atoms with van der Waals surface area (Å²) in [5.74, 6) is -2.22. The highest BCUT2D eigenvalue weighted by Crippen LogP contribution is 2.31. The van der Waals surface area contributed by atoms with Crippen molar-refractivity contribution in [2.45, 2.75) is 19.8 Å². The molecule has 0 unspecified atom stereocenters. The lowest BCUT2D eigenvalue weighted by molar-refractivity contribution is -0.385. The first-order valence-electron chi connectivity index (χ1n) is 8.87. The van der Waals surface area contributed by atoms with E-state index in [2.05, 4.69) is 5.32 Å². The number of nitro benzene ring substituents is 1. The third kappa shape index (κ3) is 4.03. The number of hydrogen-bond donors (Lipinski definition) is 1. The lowest BCUT2D eigenvalue weighted by atomic mass is 10.1. The van der Waals surface area contributed by atoms with Crippen molar-refractivity contribution in [3.8, 4) is 5.75 Å². The zero-order valence-corrected chi connectivity index (χ0v) is 15.2. The lowest BCUT2D eigenvalue weighted by Crippen LogP contribution is -2.21. The second kappa shape index (κ2) is 8.20. The number of nitro groups is 1. The van der Waals surface area contributed by atoms with Crippen molar-refractivity contribution >= 4 is 23.0 Å². The lowest BCUT2D eigenvalue weighted by Gasteiger charge is -2.19. The van der Waals surface area contributed by atoms with Gasteiger partial charge in [0.1, 0.15) is 5.69 Å². The minimum atomic E-state index is -0.769. The fourth-order valence-corrected chi connectivity index (χ4v) is 3.16. The Labute approximate surface area is 160 Å². The summed E-state index contributed by atoms with van der Waals surface area (Å²) < 4.78 is 33.9. The van der Waals surface area contributed by atoms with Crippen LogP contribution in [0.4, 0.5) is 25.8 Å². The Kier molecular flexibility index (Phi) is 5.72. The summed E-state index contributed by atoms with van der Waals surface area (Å²) in [6.45, 7) is 3.07. The van der Waals surface area contributed by atoms with Crippen LogP contribution in [-0.4, -0.2) is 30.5 Å². The van der Waals surface area contributed by atoms with Gasteiger partial charge in [-0.1, -0.05) is 0 Å². The van der Waals surface area contributed by atoms with E-state index in [9.17, 15) is 23.7 Å². The Balaban J connectivity index is 1.83. The van der Waals surface area contributed by atoms with Crippen molar-refractivity contribution in [2.75, 3.05) is 29.9 Å². The minimum absolute atomic E-state index is 0.0282. The number of ether oxygens (including phenoxy) is 1. The molecule has 9 heteroatoms. The van der Waals surface area contributed by atoms with Crippen molar-refractivity contribution in [3.63, 3.8) is 0 Å². The molecule has 148 valence electrons. The Morgan fingerprint density at radius 1 is 1.21 bits per heavy atom. The predicted molar refractivity (Wildman–Crippen MR) is 100 cm³/mol. The fourth-order valence-electron chi connectivity index (χ4n) is 3.16. The van der Waals surface area contributed by atoms with E-state index in [1.54, 1.807) is 11.8 Å². The number of benzene rings is 2. The number of anilines is 2. The van der Waals surface area contributed by atoms with E-state index < -0.39 is 22.5 Å². The number of amides is 1. The summed E-state index contributed by atoms with van der Waals surface area (Å²) in [4.78, 5) is 24.5. The van der Waals surface area contributed by atoms with E-state index in [4.69, 9.17) is 4.74 Å². The molecule has 0 aliphatic carbocycles. The van der Waals surface area contributed by atoms with Gasteiger partial charge in [-0.2, -0.15) is 0 Å². The fraction of sp³-hybridized carbons (Fsp3) is 0.316. The first kappa shape index (κ1) is 19.5. The van der Waals surface area contributed by atoms with E-state index >= 15 is 0 Å². The van der Waals surface area contributed by atoms with Gasteiger partial charge in [-0.15, -0.1) is 0 Å². The maximum Gasteiger partial charge on any atom is 0.311 e. The van der Waals surface area contributed by atoms with E-state index in [1.165, 1.54) is 12.1 Å². The van der Waals surface area contributed by atoms with Crippen LogP contribution in [0, 0.1) is 21.7 Å². The van der Waals surface area contributed by atoms with Crippen molar-refractivity contribution in [1.29, 1.82) is 0 Å². The molecule has 0 radical (unpaired) electrons. The Morgan fingerprint density at radius 3 is 2.43 bits per heavy atom. The van der Waals surface area contributed by atoms with Crippen LogP contribution < -0.4 is 15.0 Å². The molecule has 0 aromatic heterocycles. The molecule has 28 heavy (non-hydrogen) atoms.